The average molecular weight is 427 g/mol. The lowest BCUT2D eigenvalue weighted by atomic mass is 9.96. The predicted molar refractivity (Wildman–Crippen MR) is 124 cm³/mol. The summed E-state index contributed by atoms with van der Waals surface area (Å²) in [6.45, 7) is 11.2. The molecule has 0 aromatic heterocycles. The number of ketones is 1. The van der Waals surface area contributed by atoms with E-state index in [1.54, 1.807) is 23.9 Å². The van der Waals surface area contributed by atoms with Crippen LogP contribution in [0, 0.1) is 13.8 Å². The summed E-state index contributed by atoms with van der Waals surface area (Å²) >= 11 is 1.63. The van der Waals surface area contributed by atoms with Crippen LogP contribution in [0.25, 0.3) is 6.08 Å². The van der Waals surface area contributed by atoms with Crippen LogP contribution in [-0.2, 0) is 4.74 Å². The van der Waals surface area contributed by atoms with Crippen LogP contribution in [0.15, 0.2) is 41.3 Å². The van der Waals surface area contributed by atoms with Gasteiger partial charge in [-0.25, -0.2) is 4.79 Å². The van der Waals surface area contributed by atoms with Gasteiger partial charge in [-0.15, -0.1) is 11.8 Å². The van der Waals surface area contributed by atoms with Gasteiger partial charge < -0.3 is 9.47 Å². The van der Waals surface area contributed by atoms with Gasteiger partial charge >= 0.3 is 5.97 Å². The first-order valence-electron chi connectivity index (χ1n) is 10.0. The number of thioether (sulfide) groups is 1. The maximum absolute atomic E-state index is 12.6. The molecule has 0 aliphatic rings. The fourth-order valence-electron chi connectivity index (χ4n) is 3.12. The molecule has 0 bridgehead atoms. The molecule has 0 aliphatic carbocycles. The number of hydrogen-bond donors (Lipinski definition) is 0. The molecule has 0 atom stereocenters. The van der Waals surface area contributed by atoms with Gasteiger partial charge in [0.25, 0.3) is 0 Å². The second-order valence-electron chi connectivity index (χ2n) is 7.66. The van der Waals surface area contributed by atoms with E-state index in [2.05, 4.69) is 0 Å². The molecule has 0 N–H and O–H groups in total. The summed E-state index contributed by atoms with van der Waals surface area (Å²) in [7, 11) is 0. The summed E-state index contributed by atoms with van der Waals surface area (Å²) in [6.07, 6.45) is 5.00. The Morgan fingerprint density at radius 2 is 1.63 bits per heavy atom. The highest BCUT2D eigenvalue weighted by Gasteiger charge is 2.21. The third-order valence-corrected chi connectivity index (χ3v) is 5.18. The molecule has 0 spiro atoms. The highest BCUT2D eigenvalue weighted by Crippen LogP contribution is 2.32. The van der Waals surface area contributed by atoms with E-state index in [0.29, 0.717) is 22.4 Å². The molecule has 0 saturated carbocycles. The van der Waals surface area contributed by atoms with Crippen molar-refractivity contribution in [2.75, 3.05) is 6.26 Å². The Balaban J connectivity index is 2.43. The van der Waals surface area contributed by atoms with Crippen molar-refractivity contribution in [2.24, 2.45) is 0 Å². The van der Waals surface area contributed by atoms with Crippen LogP contribution >= 0.6 is 11.8 Å². The van der Waals surface area contributed by atoms with Crippen LogP contribution in [0.4, 0.5) is 0 Å². The topological polar surface area (TPSA) is 52.6 Å². The Hall–Kier alpha value is -2.53. The number of rotatable bonds is 8. The van der Waals surface area contributed by atoms with Crippen molar-refractivity contribution in [3.63, 3.8) is 0 Å². The van der Waals surface area contributed by atoms with E-state index < -0.39 is 0 Å². The minimum Gasteiger partial charge on any atom is -0.490 e. The van der Waals surface area contributed by atoms with Crippen molar-refractivity contribution in [3.05, 3.63) is 64.2 Å². The third kappa shape index (κ3) is 5.99. The highest BCUT2D eigenvalue weighted by atomic mass is 32.2. The maximum Gasteiger partial charge on any atom is 0.339 e. The molecule has 2 aromatic rings. The molecule has 0 radical (unpaired) electrons. The first kappa shape index (κ1) is 23.7. The zero-order valence-electron chi connectivity index (χ0n) is 18.7. The molecule has 0 amide bonds. The van der Waals surface area contributed by atoms with Gasteiger partial charge in [0.15, 0.2) is 5.78 Å². The van der Waals surface area contributed by atoms with Gasteiger partial charge in [-0.2, -0.15) is 0 Å². The lowest BCUT2D eigenvalue weighted by Gasteiger charge is -2.20. The zero-order valence-corrected chi connectivity index (χ0v) is 19.6. The summed E-state index contributed by atoms with van der Waals surface area (Å²) in [4.78, 5) is 26.3. The fraction of sp³-hybridized carbons (Fsp3) is 0.360. The van der Waals surface area contributed by atoms with Crippen molar-refractivity contribution in [2.45, 2.75) is 58.6 Å². The van der Waals surface area contributed by atoms with Gasteiger partial charge in [-0.3, -0.25) is 4.79 Å². The summed E-state index contributed by atoms with van der Waals surface area (Å²) in [5.41, 5.74) is 3.39. The number of ether oxygens (including phenoxy) is 2. The molecule has 0 saturated heterocycles. The quantitative estimate of drug-likeness (QED) is 0.215. The Morgan fingerprint density at radius 3 is 2.17 bits per heavy atom. The van der Waals surface area contributed by atoms with E-state index in [0.717, 1.165) is 16.0 Å². The molecular weight excluding hydrogens is 396 g/mol. The molecule has 4 nitrogen and oxygen atoms in total. The number of carbonyl (C=O) groups is 2. The monoisotopic (exact) mass is 426 g/mol. The van der Waals surface area contributed by atoms with E-state index in [-0.39, 0.29) is 24.0 Å². The second kappa shape index (κ2) is 10.5. The lowest BCUT2D eigenvalue weighted by Crippen LogP contribution is -2.16. The number of carbonyl (C=O) groups excluding carboxylic acids is 2. The van der Waals surface area contributed by atoms with Crippen molar-refractivity contribution in [1.29, 1.82) is 0 Å². The molecule has 0 fully saturated rings. The second-order valence-corrected chi connectivity index (χ2v) is 8.54. The Bertz CT molecular complexity index is 941. The number of allylic oxidation sites excluding steroid dienone is 1. The van der Waals surface area contributed by atoms with Gasteiger partial charge in [0, 0.05) is 21.6 Å². The summed E-state index contributed by atoms with van der Waals surface area (Å²) < 4.78 is 11.4. The average Bonchev–Trinajstić information content (AvgIpc) is 2.67. The Morgan fingerprint density at radius 1 is 1.00 bits per heavy atom. The van der Waals surface area contributed by atoms with Crippen molar-refractivity contribution in [3.8, 4) is 5.75 Å². The summed E-state index contributed by atoms with van der Waals surface area (Å²) in [5.74, 6) is 0.138. The molecular formula is C25H30O4S. The number of esters is 1. The SMILES string of the molecule is CSc1ccc(C(=O)C=Cc2cc(C)c(C(=O)OC(C)C)c(C)c2OC(C)C)cc1. The zero-order chi connectivity index (χ0) is 22.4. The van der Waals surface area contributed by atoms with E-state index >= 15 is 0 Å². The molecule has 0 unspecified atom stereocenters. The first-order chi connectivity index (χ1) is 14.1. The standard InChI is InChI=1S/C25H30O4S/c1-15(2)28-24-18(6)23(25(27)29-16(3)4)17(5)14-20(24)10-13-22(26)19-8-11-21(30-7)12-9-19/h8-16H,1-7H3. The fourth-order valence-corrected chi connectivity index (χ4v) is 3.52. The van der Waals surface area contributed by atoms with Crippen molar-refractivity contribution in [1.82, 2.24) is 0 Å². The van der Waals surface area contributed by atoms with E-state index in [9.17, 15) is 9.59 Å². The van der Waals surface area contributed by atoms with Gasteiger partial charge in [0.05, 0.1) is 17.8 Å². The minimum atomic E-state index is -0.367. The Labute approximate surface area is 183 Å². The minimum absolute atomic E-state index is 0.0812. The number of aryl methyl sites for hydroxylation is 1. The van der Waals surface area contributed by atoms with Crippen molar-refractivity contribution < 1.29 is 19.1 Å². The molecule has 160 valence electrons. The third-order valence-electron chi connectivity index (χ3n) is 4.43. The summed E-state index contributed by atoms with van der Waals surface area (Å²) in [6, 6.07) is 9.38. The molecule has 5 heteroatoms. The van der Waals surface area contributed by atoms with Crippen LogP contribution in [-0.4, -0.2) is 30.2 Å². The van der Waals surface area contributed by atoms with Gasteiger partial charge in [0.1, 0.15) is 5.75 Å². The number of benzene rings is 2. The van der Waals surface area contributed by atoms with Gasteiger partial charge in [0.2, 0.25) is 0 Å². The van der Waals surface area contributed by atoms with Crippen LogP contribution in [0.5, 0.6) is 5.75 Å². The molecule has 30 heavy (non-hydrogen) atoms. The van der Waals surface area contributed by atoms with Crippen LogP contribution in [0.1, 0.15) is 65.1 Å². The lowest BCUT2D eigenvalue weighted by molar-refractivity contribution is 0.0375. The van der Waals surface area contributed by atoms with E-state index in [4.69, 9.17) is 9.47 Å². The maximum atomic E-state index is 12.6. The molecule has 0 heterocycles. The molecule has 0 aliphatic heterocycles. The van der Waals surface area contributed by atoms with Crippen LogP contribution in [0.3, 0.4) is 0 Å². The molecule has 2 aromatic carbocycles. The van der Waals surface area contributed by atoms with E-state index in [1.807, 2.05) is 78.1 Å². The predicted octanol–water partition coefficient (Wildman–Crippen LogP) is 6.27. The van der Waals surface area contributed by atoms with Crippen LogP contribution in [0.2, 0.25) is 0 Å². The van der Waals surface area contributed by atoms with Crippen molar-refractivity contribution >= 4 is 29.6 Å². The number of hydrogen-bond acceptors (Lipinski definition) is 5. The van der Waals surface area contributed by atoms with E-state index in [1.165, 1.54) is 0 Å². The molecule has 2 rings (SSSR count). The van der Waals surface area contributed by atoms with Gasteiger partial charge in [-0.1, -0.05) is 0 Å². The smallest absolute Gasteiger partial charge is 0.339 e. The van der Waals surface area contributed by atoms with Gasteiger partial charge in [-0.05, 0) is 95.8 Å². The Kier molecular flexibility index (Phi) is 8.30. The largest absolute Gasteiger partial charge is 0.490 e. The first-order valence-corrected chi connectivity index (χ1v) is 11.2. The summed E-state index contributed by atoms with van der Waals surface area (Å²) in [5, 5.41) is 0. The van der Waals surface area contributed by atoms with Crippen LogP contribution < -0.4 is 4.74 Å². The normalized spacial score (nSPS) is 11.4. The highest BCUT2D eigenvalue weighted by molar-refractivity contribution is 7.98.